The van der Waals surface area contributed by atoms with Gasteiger partial charge < -0.3 is 10.4 Å². The van der Waals surface area contributed by atoms with E-state index in [0.29, 0.717) is 18.8 Å². The summed E-state index contributed by atoms with van der Waals surface area (Å²) < 4.78 is 0. The SMILES string of the molecule is NN(C1NCc2nccnc2N1)[C@@H](Cc1ccccc1)C(=O)O. The summed E-state index contributed by atoms with van der Waals surface area (Å²) >= 11 is 0. The Hall–Kier alpha value is -2.55. The average Bonchev–Trinajstić information content (AvgIpc) is 2.59. The summed E-state index contributed by atoms with van der Waals surface area (Å²) in [5.41, 5.74) is 1.68. The second-order valence-corrected chi connectivity index (χ2v) is 5.27. The first-order valence-corrected chi connectivity index (χ1v) is 7.24. The molecule has 0 spiro atoms. The fourth-order valence-corrected chi connectivity index (χ4v) is 2.51. The number of carboxylic acids is 1. The van der Waals surface area contributed by atoms with E-state index in [1.807, 2.05) is 30.3 Å². The summed E-state index contributed by atoms with van der Waals surface area (Å²) in [7, 11) is 0. The van der Waals surface area contributed by atoms with Crippen molar-refractivity contribution in [1.82, 2.24) is 20.3 Å². The van der Waals surface area contributed by atoms with Gasteiger partial charge in [-0.15, -0.1) is 0 Å². The molecule has 1 unspecified atom stereocenters. The molecule has 1 aromatic carbocycles. The van der Waals surface area contributed by atoms with Gasteiger partial charge in [-0.3, -0.25) is 20.9 Å². The number of rotatable bonds is 5. The van der Waals surface area contributed by atoms with Crippen LogP contribution in [0.1, 0.15) is 11.3 Å². The normalized spacial score (nSPS) is 18.1. The van der Waals surface area contributed by atoms with Crippen LogP contribution in [0.15, 0.2) is 42.7 Å². The third-order valence-electron chi connectivity index (χ3n) is 3.73. The highest BCUT2D eigenvalue weighted by atomic mass is 16.4. The van der Waals surface area contributed by atoms with E-state index in [1.54, 1.807) is 12.4 Å². The largest absolute Gasteiger partial charge is 0.480 e. The van der Waals surface area contributed by atoms with Crippen LogP contribution in [-0.2, 0) is 17.8 Å². The lowest BCUT2D eigenvalue weighted by Gasteiger charge is -2.36. The van der Waals surface area contributed by atoms with Gasteiger partial charge in [0.15, 0.2) is 5.82 Å². The molecule has 0 saturated carbocycles. The number of anilines is 1. The van der Waals surface area contributed by atoms with E-state index in [-0.39, 0.29) is 0 Å². The molecule has 8 heteroatoms. The molecule has 1 aromatic heterocycles. The van der Waals surface area contributed by atoms with Crippen LogP contribution in [0.4, 0.5) is 5.82 Å². The third-order valence-corrected chi connectivity index (χ3v) is 3.73. The Morgan fingerprint density at radius 3 is 2.83 bits per heavy atom. The average molecular weight is 314 g/mol. The van der Waals surface area contributed by atoms with Gasteiger partial charge in [0, 0.05) is 25.4 Å². The Morgan fingerprint density at radius 2 is 2.09 bits per heavy atom. The van der Waals surface area contributed by atoms with Crippen molar-refractivity contribution in [3.05, 3.63) is 54.0 Å². The molecule has 0 saturated heterocycles. The number of nitrogens with one attached hydrogen (secondary N) is 2. The molecule has 2 atom stereocenters. The van der Waals surface area contributed by atoms with Gasteiger partial charge in [-0.25, -0.2) is 4.98 Å². The van der Waals surface area contributed by atoms with Crippen molar-refractivity contribution >= 4 is 11.8 Å². The smallest absolute Gasteiger partial charge is 0.322 e. The molecule has 0 radical (unpaired) electrons. The molecule has 8 nitrogen and oxygen atoms in total. The number of hydrazine groups is 1. The summed E-state index contributed by atoms with van der Waals surface area (Å²) in [5.74, 6) is 5.70. The van der Waals surface area contributed by atoms with E-state index in [1.165, 1.54) is 5.01 Å². The molecule has 23 heavy (non-hydrogen) atoms. The van der Waals surface area contributed by atoms with Gasteiger partial charge in [-0.1, -0.05) is 30.3 Å². The van der Waals surface area contributed by atoms with E-state index in [2.05, 4.69) is 20.6 Å². The lowest BCUT2D eigenvalue weighted by Crippen LogP contribution is -2.62. The van der Waals surface area contributed by atoms with Gasteiger partial charge in [0.25, 0.3) is 0 Å². The summed E-state index contributed by atoms with van der Waals surface area (Å²) in [6.07, 6.45) is 2.95. The van der Waals surface area contributed by atoms with E-state index >= 15 is 0 Å². The Bertz CT molecular complexity index is 681. The van der Waals surface area contributed by atoms with Crippen molar-refractivity contribution < 1.29 is 9.90 Å². The zero-order valence-electron chi connectivity index (χ0n) is 12.4. The lowest BCUT2D eigenvalue weighted by molar-refractivity contribution is -0.144. The highest BCUT2D eigenvalue weighted by Crippen LogP contribution is 2.17. The molecule has 1 aliphatic heterocycles. The standard InChI is InChI=1S/C15H18N6O2/c16-21(12(14(22)23)8-10-4-2-1-3-5-10)15-19-9-11-13(20-15)18-7-6-17-11/h1-7,12,15,19H,8-9,16H2,(H,18,20)(H,22,23)/t12-,15?/m0/s1. The fraction of sp³-hybridized carbons (Fsp3) is 0.267. The predicted octanol–water partition coefficient (Wildman–Crippen LogP) is 0.147. The number of aliphatic carboxylic acids is 1. The number of carboxylic acid groups (broad SMARTS) is 1. The maximum absolute atomic E-state index is 11.6. The quantitative estimate of drug-likeness (QED) is 0.455. The van der Waals surface area contributed by atoms with Crippen LogP contribution in [-0.4, -0.2) is 38.4 Å². The molecule has 3 rings (SSSR count). The Morgan fingerprint density at radius 1 is 1.35 bits per heavy atom. The predicted molar refractivity (Wildman–Crippen MR) is 83.9 cm³/mol. The highest BCUT2D eigenvalue weighted by Gasteiger charge is 2.32. The zero-order chi connectivity index (χ0) is 16.2. The van der Waals surface area contributed by atoms with Crippen LogP contribution < -0.4 is 16.5 Å². The Balaban J connectivity index is 1.74. The topological polar surface area (TPSA) is 116 Å². The Kier molecular flexibility index (Phi) is 4.47. The van der Waals surface area contributed by atoms with Gasteiger partial charge in [0.2, 0.25) is 0 Å². The second kappa shape index (κ2) is 6.69. The molecule has 0 bridgehead atoms. The van der Waals surface area contributed by atoms with Gasteiger partial charge in [0.05, 0.1) is 5.69 Å². The van der Waals surface area contributed by atoms with E-state index in [9.17, 15) is 9.90 Å². The number of nitrogens with zero attached hydrogens (tertiary/aromatic N) is 3. The molecular formula is C15H18N6O2. The van der Waals surface area contributed by atoms with E-state index in [0.717, 1.165) is 11.3 Å². The third kappa shape index (κ3) is 3.45. The summed E-state index contributed by atoms with van der Waals surface area (Å²) in [5, 5.41) is 17.0. The minimum atomic E-state index is -0.982. The van der Waals surface area contributed by atoms with Crippen molar-refractivity contribution in [2.75, 3.05) is 5.32 Å². The summed E-state index contributed by atoms with van der Waals surface area (Å²) in [6.45, 7) is 0.465. The molecule has 120 valence electrons. The first-order valence-electron chi connectivity index (χ1n) is 7.24. The van der Waals surface area contributed by atoms with Crippen LogP contribution in [0.2, 0.25) is 0 Å². The maximum Gasteiger partial charge on any atom is 0.322 e. The number of hydrogen-bond donors (Lipinski definition) is 4. The fourth-order valence-electron chi connectivity index (χ4n) is 2.51. The number of hydrogen-bond acceptors (Lipinski definition) is 7. The van der Waals surface area contributed by atoms with Crippen LogP contribution in [0.25, 0.3) is 0 Å². The van der Waals surface area contributed by atoms with Crippen LogP contribution >= 0.6 is 0 Å². The molecule has 5 N–H and O–H groups in total. The zero-order valence-corrected chi connectivity index (χ0v) is 12.4. The maximum atomic E-state index is 11.6. The van der Waals surface area contributed by atoms with Gasteiger partial charge >= 0.3 is 5.97 Å². The van der Waals surface area contributed by atoms with Crippen molar-refractivity contribution in [3.8, 4) is 0 Å². The Labute approximate surface area is 133 Å². The molecule has 2 aromatic rings. The van der Waals surface area contributed by atoms with Gasteiger partial charge in [-0.05, 0) is 5.56 Å². The molecule has 1 aliphatic rings. The summed E-state index contributed by atoms with van der Waals surface area (Å²) in [4.78, 5) is 20.0. The minimum Gasteiger partial charge on any atom is -0.480 e. The van der Waals surface area contributed by atoms with Gasteiger partial charge in [0.1, 0.15) is 12.3 Å². The van der Waals surface area contributed by atoms with E-state index in [4.69, 9.17) is 5.84 Å². The van der Waals surface area contributed by atoms with Crippen LogP contribution in [0.5, 0.6) is 0 Å². The molecule has 0 aliphatic carbocycles. The highest BCUT2D eigenvalue weighted by molar-refractivity contribution is 5.74. The van der Waals surface area contributed by atoms with Crippen LogP contribution in [0, 0.1) is 0 Å². The number of fused-ring (bicyclic) bond motifs is 1. The number of aromatic nitrogens is 2. The first kappa shape index (κ1) is 15.3. The van der Waals surface area contributed by atoms with Crippen molar-refractivity contribution in [2.24, 2.45) is 5.84 Å². The minimum absolute atomic E-state index is 0.305. The van der Waals surface area contributed by atoms with Crippen molar-refractivity contribution in [2.45, 2.75) is 25.3 Å². The van der Waals surface area contributed by atoms with Crippen molar-refractivity contribution in [3.63, 3.8) is 0 Å². The molecule has 2 heterocycles. The summed E-state index contributed by atoms with van der Waals surface area (Å²) in [6, 6.07) is 8.52. The van der Waals surface area contributed by atoms with Crippen LogP contribution in [0.3, 0.4) is 0 Å². The molecular weight excluding hydrogens is 296 g/mol. The van der Waals surface area contributed by atoms with Crippen molar-refractivity contribution in [1.29, 1.82) is 0 Å². The molecule has 0 amide bonds. The second-order valence-electron chi connectivity index (χ2n) is 5.27. The first-order chi connectivity index (χ1) is 11.1. The lowest BCUT2D eigenvalue weighted by atomic mass is 10.1. The number of benzene rings is 1. The monoisotopic (exact) mass is 314 g/mol. The molecule has 0 fully saturated rings. The van der Waals surface area contributed by atoms with E-state index < -0.39 is 18.3 Å². The number of nitrogens with two attached hydrogens (primary N) is 1. The van der Waals surface area contributed by atoms with Gasteiger partial charge in [-0.2, -0.15) is 5.01 Å². The number of carbonyl (C=O) groups is 1.